The van der Waals surface area contributed by atoms with Crippen molar-refractivity contribution in [2.24, 2.45) is 12.0 Å². The lowest BCUT2D eigenvalue weighted by Crippen LogP contribution is -2.64. The van der Waals surface area contributed by atoms with Crippen molar-refractivity contribution in [2.75, 3.05) is 11.5 Å². The number of aliphatic carboxylic acids is 1. The van der Waals surface area contributed by atoms with Crippen LogP contribution in [0.25, 0.3) is 0 Å². The molecule has 0 saturated carbocycles. The van der Waals surface area contributed by atoms with Gasteiger partial charge in [-0.3, -0.25) is 14.7 Å². The van der Waals surface area contributed by atoms with E-state index in [9.17, 15) is 14.7 Å². The van der Waals surface area contributed by atoms with E-state index in [1.54, 1.807) is 18.8 Å². The predicted molar refractivity (Wildman–Crippen MR) is 97.1 cm³/mol. The fourth-order valence-electron chi connectivity index (χ4n) is 2.53. The Hall–Kier alpha value is -1.59. The quantitative estimate of drug-likeness (QED) is 0.436. The first-order valence-corrected chi connectivity index (χ1v) is 9.19. The van der Waals surface area contributed by atoms with Gasteiger partial charge in [0.15, 0.2) is 6.04 Å². The van der Waals surface area contributed by atoms with Gasteiger partial charge < -0.3 is 5.11 Å². The van der Waals surface area contributed by atoms with E-state index in [4.69, 9.17) is 0 Å². The predicted octanol–water partition coefficient (Wildman–Crippen LogP) is 0.827. The van der Waals surface area contributed by atoms with Gasteiger partial charge >= 0.3 is 5.97 Å². The van der Waals surface area contributed by atoms with Gasteiger partial charge in [0.05, 0.1) is 0 Å². The zero-order valence-corrected chi connectivity index (χ0v) is 16.2. The third-order valence-corrected chi connectivity index (χ3v) is 6.00. The number of thioether (sulfide) groups is 2. The van der Waals surface area contributed by atoms with Gasteiger partial charge in [0.25, 0.3) is 5.91 Å². The number of hydrogen-bond donors (Lipinski definition) is 1. The second-order valence-electron chi connectivity index (χ2n) is 5.56. The van der Waals surface area contributed by atoms with Gasteiger partial charge in [0, 0.05) is 24.3 Å². The highest BCUT2D eigenvalue weighted by Gasteiger charge is 2.53. The minimum Gasteiger partial charge on any atom is -0.477 e. The number of halogens is 1. The van der Waals surface area contributed by atoms with Gasteiger partial charge in [-0.25, -0.2) is 9.48 Å². The summed E-state index contributed by atoms with van der Waals surface area (Å²) in [6.07, 6.45) is 0. The van der Waals surface area contributed by atoms with Crippen molar-refractivity contribution in [1.29, 1.82) is 0 Å². The molecule has 1 N–H and O–H groups in total. The summed E-state index contributed by atoms with van der Waals surface area (Å²) in [7, 11) is 1.72. The van der Waals surface area contributed by atoms with Crippen LogP contribution in [0.1, 0.15) is 13.8 Å². The Morgan fingerprint density at radius 1 is 1.48 bits per heavy atom. The number of carboxylic acids is 1. The molecule has 25 heavy (non-hydrogen) atoms. The fourth-order valence-corrected chi connectivity index (χ4v) is 4.85. The Bertz CT molecular complexity index is 761. The number of carboxylic acid groups (broad SMARTS) is 1. The molecule has 1 aromatic heterocycles. The lowest BCUT2D eigenvalue weighted by atomic mass is 10.0. The molecule has 0 spiro atoms. The highest BCUT2D eigenvalue weighted by atomic mass is 35.5. The van der Waals surface area contributed by atoms with Crippen LogP contribution in [0.5, 0.6) is 0 Å². The van der Waals surface area contributed by atoms with Gasteiger partial charge in [-0.1, -0.05) is 11.8 Å². The Kier molecular flexibility index (Phi) is 6.12. The molecule has 2 aliphatic heterocycles. The van der Waals surface area contributed by atoms with Crippen LogP contribution in [0, 0.1) is 0 Å². The van der Waals surface area contributed by atoms with Crippen LogP contribution < -0.4 is 0 Å². The summed E-state index contributed by atoms with van der Waals surface area (Å²) in [6.45, 7) is 3.66. The van der Waals surface area contributed by atoms with Gasteiger partial charge in [-0.15, -0.1) is 29.3 Å². The summed E-state index contributed by atoms with van der Waals surface area (Å²) in [6, 6.07) is -0.480. The van der Waals surface area contributed by atoms with Gasteiger partial charge in [-0.05, 0) is 29.8 Å². The SMILES string of the molecule is CC(C)=NC1C(=O)N2C(C(=O)O)=C(CSc3nnnn3C)CS[C@@H]12.Cl. The minimum atomic E-state index is -1.09. The molecule has 1 unspecified atom stereocenters. The van der Waals surface area contributed by atoms with Crippen LogP contribution in [-0.2, 0) is 16.6 Å². The number of aryl methyl sites for hydroxylation is 1. The summed E-state index contributed by atoms with van der Waals surface area (Å²) < 4.78 is 1.52. The molecule has 0 aliphatic carbocycles. The van der Waals surface area contributed by atoms with E-state index in [0.717, 1.165) is 5.71 Å². The maximum atomic E-state index is 12.3. The Morgan fingerprint density at radius 2 is 2.20 bits per heavy atom. The Balaban J connectivity index is 0.00000225. The number of aliphatic imine (C=N–C) groups is 1. The first-order chi connectivity index (χ1) is 11.4. The van der Waals surface area contributed by atoms with Crippen molar-refractivity contribution in [3.63, 3.8) is 0 Å². The number of β-lactam (4-membered cyclic amide) rings is 1. The zero-order valence-electron chi connectivity index (χ0n) is 13.7. The molecule has 9 nitrogen and oxygen atoms in total. The molecule has 2 atom stereocenters. The largest absolute Gasteiger partial charge is 0.477 e. The molecule has 2 aliphatic rings. The molecule has 1 fully saturated rings. The van der Waals surface area contributed by atoms with Gasteiger partial charge in [0.1, 0.15) is 11.1 Å². The molecule has 12 heteroatoms. The molecule has 3 heterocycles. The normalized spacial score (nSPS) is 22.0. The van der Waals surface area contributed by atoms with Crippen molar-refractivity contribution in [1.82, 2.24) is 25.1 Å². The third-order valence-electron chi connectivity index (χ3n) is 3.58. The fraction of sp³-hybridized carbons (Fsp3) is 0.538. The molecular formula is C13H17ClN6O3S2. The van der Waals surface area contributed by atoms with Crippen LogP contribution in [0.3, 0.4) is 0 Å². The average Bonchev–Trinajstić information content (AvgIpc) is 2.94. The van der Waals surface area contributed by atoms with Crippen molar-refractivity contribution in [3.8, 4) is 0 Å². The summed E-state index contributed by atoms with van der Waals surface area (Å²) in [4.78, 5) is 29.7. The van der Waals surface area contributed by atoms with E-state index in [-0.39, 0.29) is 29.4 Å². The minimum absolute atomic E-state index is 0. The van der Waals surface area contributed by atoms with Crippen LogP contribution in [0.2, 0.25) is 0 Å². The number of hydrogen-bond acceptors (Lipinski definition) is 8. The second-order valence-corrected chi connectivity index (χ2v) is 7.61. The van der Waals surface area contributed by atoms with Gasteiger partial charge in [0.2, 0.25) is 5.16 Å². The number of amides is 1. The molecule has 0 bridgehead atoms. The number of aromatic nitrogens is 4. The number of rotatable bonds is 5. The number of carbonyl (C=O) groups excluding carboxylic acids is 1. The highest BCUT2D eigenvalue weighted by Crippen LogP contribution is 2.42. The topological polar surface area (TPSA) is 114 Å². The number of carbonyl (C=O) groups is 2. The Morgan fingerprint density at radius 3 is 2.76 bits per heavy atom. The van der Waals surface area contributed by atoms with E-state index < -0.39 is 12.0 Å². The third kappa shape index (κ3) is 3.67. The summed E-state index contributed by atoms with van der Waals surface area (Å²) in [5, 5.41) is 21.1. The molecule has 3 rings (SSSR count). The van der Waals surface area contributed by atoms with Crippen molar-refractivity contribution >= 4 is 53.5 Å². The van der Waals surface area contributed by atoms with Crippen LogP contribution in [-0.4, -0.2) is 70.7 Å². The van der Waals surface area contributed by atoms with E-state index >= 15 is 0 Å². The molecular weight excluding hydrogens is 388 g/mol. The van der Waals surface area contributed by atoms with Crippen LogP contribution in [0.15, 0.2) is 21.4 Å². The number of tetrazole rings is 1. The average molecular weight is 405 g/mol. The van der Waals surface area contributed by atoms with E-state index in [0.29, 0.717) is 22.2 Å². The molecule has 0 radical (unpaired) electrons. The highest BCUT2D eigenvalue weighted by molar-refractivity contribution is 8.01. The molecule has 1 aromatic rings. The van der Waals surface area contributed by atoms with E-state index in [2.05, 4.69) is 20.5 Å². The maximum Gasteiger partial charge on any atom is 0.352 e. The molecule has 136 valence electrons. The first kappa shape index (κ1) is 19.7. The van der Waals surface area contributed by atoms with E-state index in [1.165, 1.54) is 21.3 Å². The smallest absolute Gasteiger partial charge is 0.352 e. The first-order valence-electron chi connectivity index (χ1n) is 7.16. The van der Waals surface area contributed by atoms with Crippen LogP contribution >= 0.6 is 35.9 Å². The summed E-state index contributed by atoms with van der Waals surface area (Å²) >= 11 is 2.89. The molecule has 0 aromatic carbocycles. The standard InChI is InChI=1S/C13H16N6O3S2.ClH/c1-6(2)14-8-10(20)19-9(12(21)22)7(4-23-11(8)19)5-24-13-15-16-17-18(13)3;/h8,11H,4-5H2,1-3H3,(H,21,22);1H/t8?,11-;/m0./s1. The summed E-state index contributed by atoms with van der Waals surface area (Å²) in [5.74, 6) is -0.381. The second kappa shape index (κ2) is 7.75. The van der Waals surface area contributed by atoms with Crippen molar-refractivity contribution in [2.45, 2.75) is 30.4 Å². The summed E-state index contributed by atoms with van der Waals surface area (Å²) in [5.41, 5.74) is 1.58. The maximum absolute atomic E-state index is 12.3. The zero-order chi connectivity index (χ0) is 17.4. The molecule has 1 amide bonds. The number of nitrogens with zero attached hydrogens (tertiary/aromatic N) is 6. The van der Waals surface area contributed by atoms with Crippen molar-refractivity contribution < 1.29 is 14.7 Å². The lowest BCUT2D eigenvalue weighted by Gasteiger charge is -2.48. The Labute approximate surface area is 158 Å². The van der Waals surface area contributed by atoms with Crippen LogP contribution in [0.4, 0.5) is 0 Å². The van der Waals surface area contributed by atoms with Crippen molar-refractivity contribution in [3.05, 3.63) is 11.3 Å². The lowest BCUT2D eigenvalue weighted by molar-refractivity contribution is -0.147. The number of fused-ring (bicyclic) bond motifs is 1. The monoisotopic (exact) mass is 404 g/mol. The van der Waals surface area contributed by atoms with Gasteiger partial charge in [-0.2, -0.15) is 0 Å². The molecule has 1 saturated heterocycles. The van der Waals surface area contributed by atoms with E-state index in [1.807, 2.05) is 13.8 Å².